The van der Waals surface area contributed by atoms with Gasteiger partial charge in [-0.25, -0.2) is 14.8 Å². The van der Waals surface area contributed by atoms with E-state index in [9.17, 15) is 22.8 Å². The van der Waals surface area contributed by atoms with Crippen LogP contribution in [0.5, 0.6) is 0 Å². The Kier molecular flexibility index (Phi) is 7.51. The van der Waals surface area contributed by atoms with E-state index in [1.165, 1.54) is 4.90 Å². The number of ether oxygens (including phenoxy) is 1. The lowest BCUT2D eigenvalue weighted by Gasteiger charge is -2.30. The number of pyridine rings is 1. The second kappa shape index (κ2) is 10.2. The molecule has 200 valence electrons. The van der Waals surface area contributed by atoms with Crippen molar-refractivity contribution >= 4 is 27.9 Å². The number of halogens is 4. The third-order valence-corrected chi connectivity index (χ3v) is 7.07. The summed E-state index contributed by atoms with van der Waals surface area (Å²) in [7, 11) is 0. The van der Waals surface area contributed by atoms with Crippen LogP contribution in [0.15, 0.2) is 22.9 Å². The third-order valence-electron chi connectivity index (χ3n) is 6.24. The molecule has 2 aromatic heterocycles. The molecule has 37 heavy (non-hydrogen) atoms. The average Bonchev–Trinajstić information content (AvgIpc) is 3.57. The Hall–Kier alpha value is -2.76. The van der Waals surface area contributed by atoms with E-state index in [4.69, 9.17) is 9.72 Å². The number of amides is 2. The van der Waals surface area contributed by atoms with E-state index in [0.29, 0.717) is 34.1 Å². The SMILES string of the molecule is CC1CCC(C(=O)NCc2cc(-c3cnc(C(F)(F)F)nc3)c(Br)c(C3CC3)n2)N1C(=O)OC(C)(C)C. The molecule has 1 aliphatic carbocycles. The van der Waals surface area contributed by atoms with Crippen molar-refractivity contribution in [1.82, 2.24) is 25.2 Å². The van der Waals surface area contributed by atoms with E-state index in [1.54, 1.807) is 26.8 Å². The van der Waals surface area contributed by atoms with Crippen LogP contribution < -0.4 is 5.32 Å². The first-order valence-electron chi connectivity index (χ1n) is 12.1. The fraction of sp³-hybridized carbons (Fsp3) is 0.560. The molecule has 8 nitrogen and oxygen atoms in total. The number of carbonyl (C=O) groups is 2. The lowest BCUT2D eigenvalue weighted by atomic mass is 10.1. The van der Waals surface area contributed by atoms with Gasteiger partial charge in [-0.05, 0) is 75.4 Å². The van der Waals surface area contributed by atoms with Gasteiger partial charge in [-0.1, -0.05) is 0 Å². The largest absolute Gasteiger partial charge is 0.451 e. The summed E-state index contributed by atoms with van der Waals surface area (Å²) in [5.74, 6) is -1.29. The van der Waals surface area contributed by atoms with E-state index in [0.717, 1.165) is 30.9 Å². The number of alkyl halides is 3. The quantitative estimate of drug-likeness (QED) is 0.492. The van der Waals surface area contributed by atoms with Gasteiger partial charge < -0.3 is 10.1 Å². The summed E-state index contributed by atoms with van der Waals surface area (Å²) in [6.45, 7) is 7.30. The van der Waals surface area contributed by atoms with E-state index in [1.807, 2.05) is 6.92 Å². The zero-order chi connectivity index (χ0) is 27.1. The fourth-order valence-corrected chi connectivity index (χ4v) is 5.06. The average molecular weight is 584 g/mol. The van der Waals surface area contributed by atoms with Crippen molar-refractivity contribution in [3.63, 3.8) is 0 Å². The number of aromatic nitrogens is 3. The molecule has 3 heterocycles. The second-order valence-electron chi connectivity index (χ2n) is 10.5. The van der Waals surface area contributed by atoms with E-state index in [2.05, 4.69) is 31.2 Å². The zero-order valence-electron chi connectivity index (χ0n) is 21.0. The number of hydrogen-bond donors (Lipinski definition) is 1. The molecule has 12 heteroatoms. The predicted octanol–water partition coefficient (Wildman–Crippen LogP) is 5.60. The summed E-state index contributed by atoms with van der Waals surface area (Å²) < 4.78 is 44.9. The summed E-state index contributed by atoms with van der Waals surface area (Å²) in [6, 6.07) is 0.903. The normalized spacial score (nSPS) is 20.2. The minimum absolute atomic E-state index is 0.0906. The Labute approximate surface area is 221 Å². The van der Waals surface area contributed by atoms with Crippen LogP contribution in [0.4, 0.5) is 18.0 Å². The Morgan fingerprint density at radius 3 is 2.35 bits per heavy atom. The maximum atomic E-state index is 13.1. The molecule has 0 spiro atoms. The highest BCUT2D eigenvalue weighted by Crippen LogP contribution is 2.45. The smallest absolute Gasteiger partial charge is 0.444 e. The topological polar surface area (TPSA) is 97.3 Å². The molecule has 0 aromatic carbocycles. The molecule has 1 saturated heterocycles. The van der Waals surface area contributed by atoms with Gasteiger partial charge in [0.15, 0.2) is 0 Å². The number of nitrogens with zero attached hydrogens (tertiary/aromatic N) is 4. The minimum atomic E-state index is -4.63. The fourth-order valence-electron chi connectivity index (χ4n) is 4.30. The molecule has 1 aliphatic heterocycles. The predicted molar refractivity (Wildman–Crippen MR) is 132 cm³/mol. The molecule has 0 radical (unpaired) electrons. The van der Waals surface area contributed by atoms with Gasteiger partial charge in [0.25, 0.3) is 0 Å². The maximum Gasteiger partial charge on any atom is 0.451 e. The molecule has 1 N–H and O–H groups in total. The van der Waals surface area contributed by atoms with Gasteiger partial charge >= 0.3 is 12.3 Å². The third kappa shape index (κ3) is 6.39. The molecular formula is C25H29BrF3N5O3. The molecule has 2 atom stereocenters. The second-order valence-corrected chi connectivity index (χ2v) is 11.3. The molecule has 2 unspecified atom stereocenters. The summed E-state index contributed by atoms with van der Waals surface area (Å²) in [6.07, 6.45) is 0.207. The van der Waals surface area contributed by atoms with Gasteiger partial charge in [-0.3, -0.25) is 14.7 Å². The first-order chi connectivity index (χ1) is 17.2. The van der Waals surface area contributed by atoms with E-state index in [-0.39, 0.29) is 24.4 Å². The minimum Gasteiger partial charge on any atom is -0.444 e. The van der Waals surface area contributed by atoms with Crippen LogP contribution in [0, 0.1) is 0 Å². The van der Waals surface area contributed by atoms with Crippen LogP contribution in [0.3, 0.4) is 0 Å². The highest BCUT2D eigenvalue weighted by atomic mass is 79.9. The van der Waals surface area contributed by atoms with Gasteiger partial charge in [-0.15, -0.1) is 0 Å². The molecule has 2 aromatic rings. The molecule has 1 saturated carbocycles. The van der Waals surface area contributed by atoms with Crippen molar-refractivity contribution < 1.29 is 27.5 Å². The van der Waals surface area contributed by atoms with Crippen molar-refractivity contribution in [2.24, 2.45) is 0 Å². The van der Waals surface area contributed by atoms with Crippen LogP contribution in [-0.2, 0) is 22.3 Å². The Morgan fingerprint density at radius 1 is 1.14 bits per heavy atom. The van der Waals surface area contributed by atoms with Crippen LogP contribution >= 0.6 is 15.9 Å². The van der Waals surface area contributed by atoms with Crippen LogP contribution in [0.1, 0.15) is 76.5 Å². The van der Waals surface area contributed by atoms with Crippen LogP contribution in [0.25, 0.3) is 11.1 Å². The number of likely N-dealkylation sites (tertiary alicyclic amines) is 1. The highest BCUT2D eigenvalue weighted by molar-refractivity contribution is 9.10. The van der Waals surface area contributed by atoms with Crippen molar-refractivity contribution in [2.45, 2.75) is 89.7 Å². The van der Waals surface area contributed by atoms with Gasteiger partial charge in [-0.2, -0.15) is 13.2 Å². The Morgan fingerprint density at radius 2 is 1.78 bits per heavy atom. The zero-order valence-corrected chi connectivity index (χ0v) is 22.6. The molecule has 0 bridgehead atoms. The van der Waals surface area contributed by atoms with Crippen molar-refractivity contribution in [3.05, 3.63) is 40.1 Å². The van der Waals surface area contributed by atoms with Crippen molar-refractivity contribution in [3.8, 4) is 11.1 Å². The Bertz CT molecular complexity index is 1180. The van der Waals surface area contributed by atoms with Gasteiger partial charge in [0.1, 0.15) is 11.6 Å². The first kappa shape index (κ1) is 27.3. The molecule has 2 aliphatic rings. The van der Waals surface area contributed by atoms with Gasteiger partial charge in [0, 0.05) is 40.0 Å². The lowest BCUT2D eigenvalue weighted by Crippen LogP contribution is -2.49. The van der Waals surface area contributed by atoms with Crippen molar-refractivity contribution in [1.29, 1.82) is 0 Å². The number of rotatable bonds is 5. The molecule has 2 fully saturated rings. The highest BCUT2D eigenvalue weighted by Gasteiger charge is 2.41. The monoisotopic (exact) mass is 583 g/mol. The Balaban J connectivity index is 1.54. The molecular weight excluding hydrogens is 555 g/mol. The first-order valence-corrected chi connectivity index (χ1v) is 12.9. The number of hydrogen-bond acceptors (Lipinski definition) is 6. The van der Waals surface area contributed by atoms with E-state index >= 15 is 0 Å². The van der Waals surface area contributed by atoms with Gasteiger partial charge in [0.05, 0.1) is 17.9 Å². The van der Waals surface area contributed by atoms with Gasteiger partial charge in [0.2, 0.25) is 11.7 Å². The van der Waals surface area contributed by atoms with Crippen LogP contribution in [-0.4, -0.2) is 49.5 Å². The number of carbonyl (C=O) groups excluding carboxylic acids is 2. The van der Waals surface area contributed by atoms with E-state index < -0.39 is 29.7 Å². The number of nitrogens with one attached hydrogen (secondary N) is 1. The molecule has 2 amide bonds. The standard InChI is InChI=1S/C25H29BrF3N5O3/c1-13-5-8-18(34(13)23(36)37-24(2,3)4)21(35)30-12-16-9-17(19(26)20(33-16)14-6-7-14)15-10-31-22(32-11-15)25(27,28)29/h9-11,13-14,18H,5-8,12H2,1-4H3,(H,30,35). The summed E-state index contributed by atoms with van der Waals surface area (Å²) >= 11 is 3.55. The summed E-state index contributed by atoms with van der Waals surface area (Å²) in [4.78, 5) is 39.0. The van der Waals surface area contributed by atoms with Crippen LogP contribution in [0.2, 0.25) is 0 Å². The maximum absolute atomic E-state index is 13.1. The summed E-state index contributed by atoms with van der Waals surface area (Å²) in [5, 5.41) is 2.88. The van der Waals surface area contributed by atoms with Crippen molar-refractivity contribution in [2.75, 3.05) is 0 Å². The molecule has 4 rings (SSSR count). The lowest BCUT2D eigenvalue weighted by molar-refractivity contribution is -0.145. The summed E-state index contributed by atoms with van der Waals surface area (Å²) in [5.41, 5.74) is 1.64.